The number of aromatic nitrogens is 2. The molecule has 0 N–H and O–H groups in total. The van der Waals surface area contributed by atoms with Crippen LogP contribution in [0.15, 0.2) is 64.6 Å². The van der Waals surface area contributed by atoms with E-state index in [1.54, 1.807) is 18.0 Å². The highest BCUT2D eigenvalue weighted by atomic mass is 32.2. The number of sulfonamides is 1. The molecular weight excluding hydrogens is 494 g/mol. The van der Waals surface area contributed by atoms with Gasteiger partial charge in [-0.25, -0.2) is 22.7 Å². The van der Waals surface area contributed by atoms with Gasteiger partial charge in [0.2, 0.25) is 5.78 Å². The van der Waals surface area contributed by atoms with Crippen LogP contribution >= 0.6 is 11.9 Å². The number of ketones is 1. The van der Waals surface area contributed by atoms with Crippen molar-refractivity contribution in [2.75, 3.05) is 44.2 Å². The maximum atomic E-state index is 13.2. The lowest BCUT2D eigenvalue weighted by Gasteiger charge is -2.35. The maximum Gasteiger partial charge on any atom is 0.260 e. The Morgan fingerprint density at radius 2 is 1.39 bits per heavy atom. The predicted molar refractivity (Wildman–Crippen MR) is 140 cm³/mol. The van der Waals surface area contributed by atoms with Crippen molar-refractivity contribution in [3.05, 3.63) is 66.0 Å². The molecule has 10 heteroatoms. The molecule has 3 aromatic rings. The van der Waals surface area contributed by atoms with Gasteiger partial charge in [0.15, 0.2) is 5.03 Å². The number of hydrogen-bond acceptors (Lipinski definition) is 8. The first kappa shape index (κ1) is 23.6. The van der Waals surface area contributed by atoms with Crippen molar-refractivity contribution < 1.29 is 13.2 Å². The number of piperazine rings is 1. The van der Waals surface area contributed by atoms with Crippen LogP contribution < -0.4 is 4.90 Å². The second-order valence-corrected chi connectivity index (χ2v) is 12.2. The first-order valence-corrected chi connectivity index (χ1v) is 14.5. The van der Waals surface area contributed by atoms with Gasteiger partial charge in [0, 0.05) is 56.1 Å². The maximum absolute atomic E-state index is 13.2. The molecule has 1 aromatic carbocycles. The van der Waals surface area contributed by atoms with E-state index >= 15 is 0 Å². The zero-order chi connectivity index (χ0) is 24.7. The number of carbonyl (C=O) groups is 1. The molecule has 8 nitrogen and oxygen atoms in total. The van der Waals surface area contributed by atoms with Crippen molar-refractivity contribution >= 4 is 33.4 Å². The third kappa shape index (κ3) is 4.32. The Morgan fingerprint density at radius 3 is 2.11 bits per heavy atom. The van der Waals surface area contributed by atoms with Crippen LogP contribution in [0, 0.1) is 0 Å². The van der Waals surface area contributed by atoms with Crippen molar-refractivity contribution in [1.82, 2.24) is 18.6 Å². The summed E-state index contributed by atoms with van der Waals surface area (Å²) >= 11 is 1.56. The largest absolute Gasteiger partial charge is 0.369 e. The molecule has 0 unspecified atom stereocenters. The molecule has 0 spiro atoms. The predicted octanol–water partition coefficient (Wildman–Crippen LogP) is 3.69. The number of pyridine rings is 2. The summed E-state index contributed by atoms with van der Waals surface area (Å²) in [6, 6.07) is 17.4. The van der Waals surface area contributed by atoms with Crippen LogP contribution in [0.2, 0.25) is 0 Å². The van der Waals surface area contributed by atoms with E-state index in [1.807, 2.05) is 18.2 Å². The molecule has 6 rings (SSSR count). The fourth-order valence-corrected chi connectivity index (χ4v) is 7.34. The van der Waals surface area contributed by atoms with E-state index in [2.05, 4.69) is 43.4 Å². The molecule has 0 saturated carbocycles. The summed E-state index contributed by atoms with van der Waals surface area (Å²) in [6.07, 6.45) is 2.73. The lowest BCUT2D eigenvalue weighted by atomic mass is 10.1. The van der Waals surface area contributed by atoms with E-state index in [0.717, 1.165) is 50.5 Å². The highest BCUT2D eigenvalue weighted by Gasteiger charge is 2.34. The van der Waals surface area contributed by atoms with Gasteiger partial charge in [-0.3, -0.25) is 4.79 Å². The fraction of sp³-hybridized carbons (Fsp3) is 0.346. The summed E-state index contributed by atoms with van der Waals surface area (Å²) in [6.45, 7) is 4.60. The number of hydrogen-bond donors (Lipinski definition) is 0. The average Bonchev–Trinajstić information content (AvgIpc) is 3.21. The van der Waals surface area contributed by atoms with Gasteiger partial charge in [-0.15, -0.1) is 0 Å². The van der Waals surface area contributed by atoms with Gasteiger partial charge in [-0.05, 0) is 61.2 Å². The van der Waals surface area contributed by atoms with Crippen molar-refractivity contribution in [1.29, 1.82) is 0 Å². The van der Waals surface area contributed by atoms with E-state index < -0.39 is 10.0 Å². The van der Waals surface area contributed by atoms with Crippen LogP contribution in [0.4, 0.5) is 5.69 Å². The van der Waals surface area contributed by atoms with Crippen LogP contribution in [-0.2, 0) is 10.0 Å². The monoisotopic (exact) mass is 521 g/mol. The van der Waals surface area contributed by atoms with E-state index in [0.29, 0.717) is 29.9 Å². The number of fused-ring (bicyclic) bond motifs is 3. The van der Waals surface area contributed by atoms with Gasteiger partial charge >= 0.3 is 0 Å². The van der Waals surface area contributed by atoms with Crippen LogP contribution in [0.3, 0.4) is 0 Å². The first-order valence-electron chi connectivity index (χ1n) is 12.3. The molecule has 36 heavy (non-hydrogen) atoms. The average molecular weight is 522 g/mol. The van der Waals surface area contributed by atoms with E-state index in [-0.39, 0.29) is 16.5 Å². The Morgan fingerprint density at radius 1 is 0.722 bits per heavy atom. The van der Waals surface area contributed by atoms with Crippen molar-refractivity contribution in [2.24, 2.45) is 0 Å². The van der Waals surface area contributed by atoms with Crippen LogP contribution in [-0.4, -0.2) is 72.0 Å². The van der Waals surface area contributed by atoms with Gasteiger partial charge in [0.1, 0.15) is 16.4 Å². The Bertz CT molecular complexity index is 1400. The van der Waals surface area contributed by atoms with Crippen molar-refractivity contribution in [3.63, 3.8) is 0 Å². The van der Waals surface area contributed by atoms with Crippen molar-refractivity contribution in [3.8, 4) is 11.1 Å². The molecule has 2 fully saturated rings. The molecule has 2 aliphatic heterocycles. The summed E-state index contributed by atoms with van der Waals surface area (Å²) in [5.41, 5.74) is 3.11. The summed E-state index contributed by atoms with van der Waals surface area (Å²) < 4.78 is 29.9. The number of nitrogens with zero attached hydrogens (tertiary/aromatic N) is 5. The van der Waals surface area contributed by atoms with Gasteiger partial charge < -0.3 is 4.90 Å². The molecule has 2 aromatic heterocycles. The number of carbonyl (C=O) groups excluding carboxylic acids is 1. The number of piperidine rings is 1. The summed E-state index contributed by atoms with van der Waals surface area (Å²) in [7, 11) is -3.71. The van der Waals surface area contributed by atoms with Gasteiger partial charge in [0.05, 0.1) is 0 Å². The molecule has 4 heterocycles. The second kappa shape index (κ2) is 9.59. The Labute approximate surface area is 215 Å². The second-order valence-electron chi connectivity index (χ2n) is 9.23. The van der Waals surface area contributed by atoms with Gasteiger partial charge in [0.25, 0.3) is 10.0 Å². The molecule has 2 saturated heterocycles. The lowest BCUT2D eigenvalue weighted by molar-refractivity contribution is 0.103. The van der Waals surface area contributed by atoms with Gasteiger partial charge in [-0.1, -0.05) is 24.6 Å². The topological polar surface area (TPSA) is 86.7 Å². The van der Waals surface area contributed by atoms with Crippen molar-refractivity contribution in [2.45, 2.75) is 29.3 Å². The van der Waals surface area contributed by atoms with E-state index in [1.165, 1.54) is 16.1 Å². The lowest BCUT2D eigenvalue weighted by Crippen LogP contribution is -2.43. The van der Waals surface area contributed by atoms with E-state index in [9.17, 15) is 13.2 Å². The number of anilines is 1. The Kier molecular flexibility index (Phi) is 6.28. The quantitative estimate of drug-likeness (QED) is 0.368. The van der Waals surface area contributed by atoms with Crippen LogP contribution in [0.25, 0.3) is 11.1 Å². The zero-order valence-corrected chi connectivity index (χ0v) is 21.5. The molecular formula is C26H27N5O3S2. The smallest absolute Gasteiger partial charge is 0.260 e. The summed E-state index contributed by atoms with van der Waals surface area (Å²) in [4.78, 5) is 24.6. The summed E-state index contributed by atoms with van der Waals surface area (Å²) in [5, 5.41) is 0.694. The Hall–Kier alpha value is -2.79. The standard InChI is InChI=1S/C26H27N5O3S2/c32-26-24-20(21-10-12-23(28-25(21)26)36(33,34)31-13-5-2-6-14-31)9-11-22(27-24)35-30-17-15-29(16-18-30)19-7-3-1-4-8-19/h1,3-4,7-12H,2,5-6,13-18H2. The third-order valence-electron chi connectivity index (χ3n) is 6.96. The van der Waals surface area contributed by atoms with Crippen LogP contribution in [0.1, 0.15) is 35.4 Å². The summed E-state index contributed by atoms with van der Waals surface area (Å²) in [5.74, 6) is -0.313. The Balaban J connectivity index is 1.17. The number of rotatable bonds is 5. The minimum atomic E-state index is -3.71. The highest BCUT2D eigenvalue weighted by Crippen LogP contribution is 2.37. The normalized spacial score (nSPS) is 18.8. The zero-order valence-electron chi connectivity index (χ0n) is 19.8. The molecule has 0 bridgehead atoms. The van der Waals surface area contributed by atoms with Gasteiger partial charge in [-0.2, -0.15) is 4.31 Å². The highest BCUT2D eigenvalue weighted by molar-refractivity contribution is 7.97. The van der Waals surface area contributed by atoms with E-state index in [4.69, 9.17) is 0 Å². The third-order valence-corrected chi connectivity index (χ3v) is 9.80. The molecule has 0 radical (unpaired) electrons. The molecule has 0 atom stereocenters. The number of benzene rings is 1. The molecule has 186 valence electrons. The first-order chi connectivity index (χ1) is 17.5. The molecule has 1 aliphatic carbocycles. The number of para-hydroxylation sites is 1. The minimum Gasteiger partial charge on any atom is -0.369 e. The minimum absolute atomic E-state index is 0.0600. The molecule has 3 aliphatic rings. The molecule has 0 amide bonds. The fourth-order valence-electron chi connectivity index (χ4n) is 5.02. The SMILES string of the molecule is O=C1c2nc(SN3CCN(c4ccccc4)CC3)ccc2-c2ccc(S(=O)(=O)N3CCCCC3)nc21. The van der Waals surface area contributed by atoms with Crippen LogP contribution in [0.5, 0.6) is 0 Å².